The average molecular weight is 446 g/mol. The van der Waals surface area contributed by atoms with Crippen molar-refractivity contribution < 1.29 is 44.9 Å². The van der Waals surface area contributed by atoms with Gasteiger partial charge in [0.05, 0.1) is 12.0 Å². The summed E-state index contributed by atoms with van der Waals surface area (Å²) in [5.74, 6) is -3.83. The summed E-state index contributed by atoms with van der Waals surface area (Å²) in [7, 11) is 0. The van der Waals surface area contributed by atoms with Crippen LogP contribution in [0, 0.1) is 0 Å². The van der Waals surface area contributed by atoms with Crippen molar-refractivity contribution in [3.05, 3.63) is 69.9 Å². The highest BCUT2D eigenvalue weighted by Crippen LogP contribution is 2.37. The van der Waals surface area contributed by atoms with Gasteiger partial charge in [-0.05, 0) is 11.6 Å². The minimum Gasteiger partial charge on any atom is -0.455 e. The van der Waals surface area contributed by atoms with Crippen LogP contribution in [0.1, 0.15) is 17.2 Å². The van der Waals surface area contributed by atoms with E-state index in [0.717, 1.165) is 0 Å². The molecule has 2 heterocycles. The van der Waals surface area contributed by atoms with E-state index in [1.807, 2.05) is 0 Å². The minimum absolute atomic E-state index is 0.00161. The second-order valence-corrected chi connectivity index (χ2v) is 7.61. The molecule has 0 saturated carbocycles. The van der Waals surface area contributed by atoms with Crippen LogP contribution in [0.3, 0.4) is 0 Å². The van der Waals surface area contributed by atoms with Gasteiger partial charge in [-0.1, -0.05) is 42.5 Å². The molecule has 2 aromatic carbocycles. The third kappa shape index (κ3) is 3.72. The van der Waals surface area contributed by atoms with Crippen molar-refractivity contribution in [2.45, 2.75) is 36.5 Å². The molecule has 5 atom stereocenters. The molecule has 1 saturated heterocycles. The highest BCUT2D eigenvalue weighted by atomic mass is 16.7. The third-order valence-electron chi connectivity index (χ3n) is 5.52. The van der Waals surface area contributed by atoms with E-state index >= 15 is 0 Å². The smallest absolute Gasteiger partial charge is 0.312 e. The van der Waals surface area contributed by atoms with Crippen LogP contribution in [0.2, 0.25) is 0 Å². The van der Waals surface area contributed by atoms with Crippen LogP contribution in [-0.2, 0) is 10.7 Å². The Kier molecular flexibility index (Phi) is 5.88. The van der Waals surface area contributed by atoms with E-state index in [2.05, 4.69) is 0 Å². The fraction of sp³-hybridized carbons (Fsp3) is 0.318. The molecule has 3 aromatic rings. The van der Waals surface area contributed by atoms with Crippen LogP contribution in [0.15, 0.2) is 57.7 Å². The number of fused-ring (bicyclic) bond motifs is 1. The van der Waals surface area contributed by atoms with E-state index in [4.69, 9.17) is 9.15 Å². The van der Waals surface area contributed by atoms with Crippen molar-refractivity contribution in [3.63, 3.8) is 0 Å². The predicted octanol–water partition coefficient (Wildman–Crippen LogP) is -0.938. The fourth-order valence-electron chi connectivity index (χ4n) is 3.96. The summed E-state index contributed by atoms with van der Waals surface area (Å²) in [5.41, 5.74) is -1.59. The summed E-state index contributed by atoms with van der Waals surface area (Å²) in [6.07, 6.45) is -7.58. The van der Waals surface area contributed by atoms with Crippen molar-refractivity contribution in [1.82, 2.24) is 0 Å². The van der Waals surface area contributed by atoms with Gasteiger partial charge in [0.1, 0.15) is 47.4 Å². The van der Waals surface area contributed by atoms with Crippen LogP contribution >= 0.6 is 0 Å². The van der Waals surface area contributed by atoms with E-state index in [0.29, 0.717) is 5.56 Å². The fourth-order valence-corrected chi connectivity index (χ4v) is 3.96. The van der Waals surface area contributed by atoms with Crippen LogP contribution in [0.25, 0.3) is 22.3 Å². The standard InChI is InChI=1S/C22H22O10/c23-9-13-16(24)18(26)19(27)21(32-13)11-7-4-8-12-14(11)17(25)15(22(28,29)30)20(31-12)10-5-2-1-3-6-10/h1-8,13,16,18-19,21,23-24,26-30H,9H2/t13-,16-,18+,19-,21?/m1/s1. The lowest BCUT2D eigenvalue weighted by Gasteiger charge is -2.40. The van der Waals surface area contributed by atoms with Gasteiger partial charge in [0.15, 0.2) is 0 Å². The van der Waals surface area contributed by atoms with Gasteiger partial charge < -0.3 is 44.9 Å². The quantitative estimate of drug-likeness (QED) is 0.247. The zero-order valence-corrected chi connectivity index (χ0v) is 16.6. The lowest BCUT2D eigenvalue weighted by atomic mass is 9.89. The van der Waals surface area contributed by atoms with Gasteiger partial charge in [0.25, 0.3) is 0 Å². The molecule has 1 aliphatic rings. The summed E-state index contributed by atoms with van der Waals surface area (Å²) in [5, 5.41) is 69.7. The number of hydrogen-bond acceptors (Lipinski definition) is 10. The molecule has 0 amide bonds. The predicted molar refractivity (Wildman–Crippen MR) is 109 cm³/mol. The Balaban J connectivity index is 1.99. The molecule has 10 heteroatoms. The molecule has 1 fully saturated rings. The van der Waals surface area contributed by atoms with Crippen LogP contribution in [-0.4, -0.2) is 66.8 Å². The van der Waals surface area contributed by atoms with Gasteiger partial charge in [0.2, 0.25) is 5.43 Å². The SMILES string of the molecule is O=c1c(C(O)(O)O)c(-c2ccccc2)oc2cccc(C3O[C@H](CO)[C@@H](O)[C@H](O)[C@H]3O)c12. The Labute approximate surface area is 180 Å². The summed E-state index contributed by atoms with van der Waals surface area (Å²) in [4.78, 5) is 13.4. The summed E-state index contributed by atoms with van der Waals surface area (Å²) in [6.45, 7) is -0.669. The van der Waals surface area contributed by atoms with Crippen LogP contribution in [0.5, 0.6) is 0 Å². The first-order chi connectivity index (χ1) is 15.1. The molecular formula is C22H22O10. The second-order valence-electron chi connectivity index (χ2n) is 7.61. The largest absolute Gasteiger partial charge is 0.455 e. The maximum atomic E-state index is 13.4. The summed E-state index contributed by atoms with van der Waals surface area (Å²) in [6, 6.07) is 12.3. The molecule has 4 rings (SSSR count). The monoisotopic (exact) mass is 446 g/mol. The maximum Gasteiger partial charge on any atom is 0.312 e. The van der Waals surface area contributed by atoms with Gasteiger partial charge in [-0.25, -0.2) is 0 Å². The van der Waals surface area contributed by atoms with Crippen molar-refractivity contribution in [1.29, 1.82) is 0 Å². The topological polar surface area (TPSA) is 181 Å². The number of aliphatic hydroxyl groups excluding tert-OH is 4. The molecule has 0 spiro atoms. The van der Waals surface area contributed by atoms with Crippen LogP contribution < -0.4 is 5.43 Å². The molecule has 0 aliphatic carbocycles. The molecule has 32 heavy (non-hydrogen) atoms. The van der Waals surface area contributed by atoms with E-state index in [-0.39, 0.29) is 22.3 Å². The Hall–Kier alpha value is -2.67. The Morgan fingerprint density at radius 3 is 2.19 bits per heavy atom. The van der Waals surface area contributed by atoms with Gasteiger partial charge in [0, 0.05) is 5.56 Å². The summed E-state index contributed by atoms with van der Waals surface area (Å²) >= 11 is 0. The maximum absolute atomic E-state index is 13.4. The van der Waals surface area contributed by atoms with Crippen LogP contribution in [0.4, 0.5) is 0 Å². The number of rotatable bonds is 4. The molecule has 0 bridgehead atoms. The summed E-state index contributed by atoms with van der Waals surface area (Å²) < 4.78 is 11.3. The normalized spacial score (nSPS) is 26.4. The molecule has 1 aliphatic heterocycles. The molecule has 7 N–H and O–H groups in total. The van der Waals surface area contributed by atoms with Crippen molar-refractivity contribution >= 4 is 11.0 Å². The minimum atomic E-state index is -3.55. The van der Waals surface area contributed by atoms with Gasteiger partial charge in [-0.2, -0.15) is 0 Å². The number of aliphatic hydroxyl groups is 7. The Morgan fingerprint density at radius 2 is 1.56 bits per heavy atom. The first-order valence-corrected chi connectivity index (χ1v) is 9.78. The number of benzene rings is 2. The molecule has 1 unspecified atom stereocenters. The Morgan fingerprint density at radius 1 is 0.875 bits per heavy atom. The van der Waals surface area contributed by atoms with Crippen molar-refractivity contribution in [3.8, 4) is 11.3 Å². The zero-order chi connectivity index (χ0) is 23.2. The van der Waals surface area contributed by atoms with E-state index in [1.54, 1.807) is 30.3 Å². The lowest BCUT2D eigenvalue weighted by Crippen LogP contribution is -2.55. The number of hydrogen-bond donors (Lipinski definition) is 7. The van der Waals surface area contributed by atoms with Gasteiger partial charge >= 0.3 is 5.97 Å². The van der Waals surface area contributed by atoms with E-state index in [9.17, 15) is 40.5 Å². The number of ether oxygens (including phenoxy) is 1. The molecular weight excluding hydrogens is 424 g/mol. The highest BCUT2D eigenvalue weighted by Gasteiger charge is 2.45. The first-order valence-electron chi connectivity index (χ1n) is 9.78. The first kappa shape index (κ1) is 22.5. The highest BCUT2D eigenvalue weighted by molar-refractivity contribution is 5.84. The van der Waals surface area contributed by atoms with E-state index in [1.165, 1.54) is 18.2 Å². The molecule has 1 aromatic heterocycles. The van der Waals surface area contributed by atoms with E-state index < -0.39 is 54.1 Å². The van der Waals surface area contributed by atoms with Gasteiger partial charge in [-0.15, -0.1) is 0 Å². The van der Waals surface area contributed by atoms with Crippen molar-refractivity contribution in [2.75, 3.05) is 6.61 Å². The zero-order valence-electron chi connectivity index (χ0n) is 16.6. The molecule has 10 nitrogen and oxygen atoms in total. The van der Waals surface area contributed by atoms with Crippen molar-refractivity contribution in [2.24, 2.45) is 0 Å². The lowest BCUT2D eigenvalue weighted by molar-refractivity contribution is -0.324. The average Bonchev–Trinajstić information content (AvgIpc) is 2.77. The van der Waals surface area contributed by atoms with Gasteiger partial charge in [-0.3, -0.25) is 4.79 Å². The molecule has 170 valence electrons. The molecule has 0 radical (unpaired) electrons. The third-order valence-corrected chi connectivity index (χ3v) is 5.52. The second kappa shape index (κ2) is 8.35. The Bertz CT molecular complexity index is 1170.